The van der Waals surface area contributed by atoms with Gasteiger partial charge in [-0.1, -0.05) is 46.2 Å². The van der Waals surface area contributed by atoms with Gasteiger partial charge in [-0.3, -0.25) is 0 Å². The lowest BCUT2D eigenvalue weighted by Gasteiger charge is -2.30. The monoisotopic (exact) mass is 282 g/mol. The highest BCUT2D eigenvalue weighted by atomic mass is 35.5. The minimum atomic E-state index is 0.275. The molecule has 1 N–H and O–H groups in total. The molecule has 19 heavy (non-hydrogen) atoms. The third kappa shape index (κ3) is 5.84. The Hall–Kier alpha value is -0.730. The first-order valence-electron chi connectivity index (χ1n) is 6.92. The molecule has 0 saturated carbocycles. The summed E-state index contributed by atoms with van der Waals surface area (Å²) in [5, 5.41) is 4.26. The number of rotatable bonds is 5. The normalized spacial score (nSPS) is 12.0. The quantitative estimate of drug-likeness (QED) is 0.865. The maximum absolute atomic E-state index is 6.12. The fourth-order valence-electron chi connectivity index (χ4n) is 2.18. The van der Waals surface area contributed by atoms with Gasteiger partial charge in [0.25, 0.3) is 0 Å². The molecule has 0 atom stereocenters. The summed E-state index contributed by atoms with van der Waals surface area (Å²) in [5.74, 6) is 0. The van der Waals surface area contributed by atoms with E-state index in [1.54, 1.807) is 0 Å². The lowest BCUT2D eigenvalue weighted by atomic mass is 9.95. The topological polar surface area (TPSA) is 15.3 Å². The van der Waals surface area contributed by atoms with Gasteiger partial charge >= 0.3 is 0 Å². The molecule has 0 aliphatic heterocycles. The number of hydrogen-bond acceptors (Lipinski definition) is 2. The van der Waals surface area contributed by atoms with E-state index in [1.165, 1.54) is 11.3 Å². The lowest BCUT2D eigenvalue weighted by Crippen LogP contribution is -2.31. The summed E-state index contributed by atoms with van der Waals surface area (Å²) in [6.45, 7) is 12.9. The fourth-order valence-corrected chi connectivity index (χ4v) is 2.37. The first-order chi connectivity index (χ1) is 8.69. The van der Waals surface area contributed by atoms with Crippen LogP contribution in [0.25, 0.3) is 0 Å². The number of hydrogen-bond donors (Lipinski definition) is 1. The molecule has 0 amide bonds. The summed E-state index contributed by atoms with van der Waals surface area (Å²) in [5.41, 5.74) is 2.79. The van der Waals surface area contributed by atoms with Gasteiger partial charge < -0.3 is 10.2 Å². The van der Waals surface area contributed by atoms with Crippen molar-refractivity contribution in [3.63, 3.8) is 0 Å². The Bertz CT molecular complexity index is 408. The molecule has 2 nitrogen and oxygen atoms in total. The van der Waals surface area contributed by atoms with Crippen molar-refractivity contribution in [2.75, 3.05) is 18.5 Å². The summed E-state index contributed by atoms with van der Waals surface area (Å²) in [4.78, 5) is 2.31. The van der Waals surface area contributed by atoms with E-state index < -0.39 is 0 Å². The summed E-state index contributed by atoms with van der Waals surface area (Å²) < 4.78 is 0. The number of benzene rings is 1. The van der Waals surface area contributed by atoms with Crippen molar-refractivity contribution in [2.45, 2.75) is 47.2 Å². The molecule has 0 saturated heterocycles. The van der Waals surface area contributed by atoms with Crippen LogP contribution in [0.15, 0.2) is 18.2 Å². The molecule has 1 aromatic rings. The first-order valence-corrected chi connectivity index (χ1v) is 7.30. The van der Waals surface area contributed by atoms with Gasteiger partial charge in [-0.05, 0) is 29.2 Å². The van der Waals surface area contributed by atoms with Crippen molar-refractivity contribution >= 4 is 17.3 Å². The zero-order chi connectivity index (χ0) is 14.6. The molecule has 1 rings (SSSR count). The smallest absolute Gasteiger partial charge is 0.0410 e. The van der Waals surface area contributed by atoms with E-state index in [1.807, 2.05) is 6.07 Å². The van der Waals surface area contributed by atoms with Gasteiger partial charge in [0.05, 0.1) is 0 Å². The largest absolute Gasteiger partial charge is 0.374 e. The van der Waals surface area contributed by atoms with Crippen molar-refractivity contribution in [2.24, 2.45) is 5.41 Å². The predicted molar refractivity (Wildman–Crippen MR) is 86.2 cm³/mol. The summed E-state index contributed by atoms with van der Waals surface area (Å²) >= 11 is 6.12. The van der Waals surface area contributed by atoms with Crippen LogP contribution in [0.1, 0.15) is 40.2 Å². The molecule has 0 aromatic heterocycles. The molecule has 0 fully saturated rings. The molecule has 0 aliphatic carbocycles. The maximum atomic E-state index is 6.12. The average Bonchev–Trinajstić information content (AvgIpc) is 2.23. The Morgan fingerprint density at radius 3 is 2.42 bits per heavy atom. The maximum Gasteiger partial charge on any atom is 0.0410 e. The number of anilines is 1. The standard InChI is InChI=1S/C16H27ClN2/c1-12(2)18-10-13-9-14(17)7-8-15(13)19(6)11-16(3,4)5/h7-9,12,18H,10-11H2,1-6H3. The van der Waals surface area contributed by atoms with E-state index in [9.17, 15) is 0 Å². The third-order valence-electron chi connectivity index (χ3n) is 2.87. The third-order valence-corrected chi connectivity index (χ3v) is 3.10. The van der Waals surface area contributed by atoms with Crippen molar-refractivity contribution in [1.82, 2.24) is 5.32 Å². The Labute approximate surface area is 123 Å². The SMILES string of the molecule is CC(C)NCc1cc(Cl)ccc1N(C)CC(C)(C)C. The van der Waals surface area contributed by atoms with E-state index in [0.717, 1.165) is 18.1 Å². The van der Waals surface area contributed by atoms with E-state index in [-0.39, 0.29) is 5.41 Å². The fraction of sp³-hybridized carbons (Fsp3) is 0.625. The van der Waals surface area contributed by atoms with E-state index >= 15 is 0 Å². The van der Waals surface area contributed by atoms with Crippen LogP contribution in [0.4, 0.5) is 5.69 Å². The molecule has 0 heterocycles. The Kier molecular flexibility index (Phi) is 5.69. The summed E-state index contributed by atoms with van der Waals surface area (Å²) in [6.07, 6.45) is 0. The Balaban J connectivity index is 2.92. The molecule has 108 valence electrons. The van der Waals surface area contributed by atoms with Gasteiger partial charge in [0.1, 0.15) is 0 Å². The van der Waals surface area contributed by atoms with Crippen molar-refractivity contribution in [3.8, 4) is 0 Å². The van der Waals surface area contributed by atoms with Crippen LogP contribution >= 0.6 is 11.6 Å². The summed E-state index contributed by atoms with van der Waals surface area (Å²) in [7, 11) is 2.15. The minimum absolute atomic E-state index is 0.275. The molecule has 3 heteroatoms. The van der Waals surface area contributed by atoms with Crippen LogP contribution in [0.2, 0.25) is 5.02 Å². The highest BCUT2D eigenvalue weighted by molar-refractivity contribution is 6.30. The van der Waals surface area contributed by atoms with Gasteiger partial charge in [0.2, 0.25) is 0 Å². The number of nitrogens with zero attached hydrogens (tertiary/aromatic N) is 1. The van der Waals surface area contributed by atoms with Gasteiger partial charge in [-0.25, -0.2) is 0 Å². The lowest BCUT2D eigenvalue weighted by molar-refractivity contribution is 0.418. The predicted octanol–water partition coefficient (Wildman–Crippen LogP) is 4.32. The Morgan fingerprint density at radius 1 is 1.26 bits per heavy atom. The van der Waals surface area contributed by atoms with Gasteiger partial charge in [-0.15, -0.1) is 0 Å². The second kappa shape index (κ2) is 6.62. The van der Waals surface area contributed by atoms with Crippen LogP contribution in [-0.2, 0) is 6.54 Å². The first kappa shape index (κ1) is 16.3. The van der Waals surface area contributed by atoms with Crippen LogP contribution in [0.5, 0.6) is 0 Å². The van der Waals surface area contributed by atoms with Gasteiger partial charge in [0.15, 0.2) is 0 Å². The minimum Gasteiger partial charge on any atom is -0.374 e. The van der Waals surface area contributed by atoms with Crippen LogP contribution in [0.3, 0.4) is 0 Å². The average molecular weight is 283 g/mol. The highest BCUT2D eigenvalue weighted by Gasteiger charge is 2.16. The van der Waals surface area contributed by atoms with E-state index in [2.05, 4.69) is 64.0 Å². The zero-order valence-electron chi connectivity index (χ0n) is 13.0. The molecule has 0 bridgehead atoms. The van der Waals surface area contributed by atoms with Crippen molar-refractivity contribution < 1.29 is 0 Å². The van der Waals surface area contributed by atoms with Crippen molar-refractivity contribution in [1.29, 1.82) is 0 Å². The second-order valence-corrected chi connectivity index (χ2v) is 7.16. The summed E-state index contributed by atoms with van der Waals surface area (Å²) in [6, 6.07) is 6.62. The Morgan fingerprint density at radius 2 is 1.89 bits per heavy atom. The molecule has 0 radical (unpaired) electrons. The van der Waals surface area contributed by atoms with E-state index in [4.69, 9.17) is 11.6 Å². The second-order valence-electron chi connectivity index (χ2n) is 6.73. The highest BCUT2D eigenvalue weighted by Crippen LogP contribution is 2.26. The van der Waals surface area contributed by atoms with Crippen LogP contribution in [0, 0.1) is 5.41 Å². The van der Waals surface area contributed by atoms with E-state index in [0.29, 0.717) is 6.04 Å². The number of nitrogens with one attached hydrogen (secondary N) is 1. The molecule has 0 aliphatic rings. The number of halogens is 1. The molecule has 0 spiro atoms. The van der Waals surface area contributed by atoms with Crippen LogP contribution < -0.4 is 10.2 Å². The van der Waals surface area contributed by atoms with Crippen molar-refractivity contribution in [3.05, 3.63) is 28.8 Å². The molecular weight excluding hydrogens is 256 g/mol. The molecular formula is C16H27ClN2. The molecule has 1 aromatic carbocycles. The van der Waals surface area contributed by atoms with Gasteiger partial charge in [-0.2, -0.15) is 0 Å². The molecule has 0 unspecified atom stereocenters. The van der Waals surface area contributed by atoms with Gasteiger partial charge in [0, 0.05) is 36.9 Å². The zero-order valence-corrected chi connectivity index (χ0v) is 13.8. The van der Waals surface area contributed by atoms with Crippen LogP contribution in [-0.4, -0.2) is 19.6 Å².